The normalized spacial score (nSPS) is 18.6. The first-order valence-corrected chi connectivity index (χ1v) is 7.14. The first-order valence-electron chi connectivity index (χ1n) is 5.95. The number of thiophene rings is 1. The molecule has 1 amide bonds. The maximum absolute atomic E-state index is 11.9. The highest BCUT2D eigenvalue weighted by atomic mass is 35.5. The largest absolute Gasteiger partial charge is 0.376 e. The molecule has 2 N–H and O–H groups in total. The van der Waals surface area contributed by atoms with Crippen LogP contribution in [0.3, 0.4) is 0 Å². The van der Waals surface area contributed by atoms with Crippen LogP contribution in [0.15, 0.2) is 12.1 Å². The van der Waals surface area contributed by atoms with Gasteiger partial charge >= 0.3 is 0 Å². The van der Waals surface area contributed by atoms with Crippen LogP contribution in [-0.4, -0.2) is 38.3 Å². The molecule has 1 aliphatic heterocycles. The molecule has 18 heavy (non-hydrogen) atoms. The molecule has 1 aromatic heterocycles. The molecule has 1 fully saturated rings. The molecule has 100 valence electrons. The summed E-state index contributed by atoms with van der Waals surface area (Å²) in [6, 6.07) is 3.47. The van der Waals surface area contributed by atoms with Gasteiger partial charge in [-0.2, -0.15) is 0 Å². The fourth-order valence-corrected chi connectivity index (χ4v) is 3.06. The van der Waals surface area contributed by atoms with Gasteiger partial charge in [0.15, 0.2) is 0 Å². The first-order chi connectivity index (χ1) is 8.65. The third-order valence-corrected chi connectivity index (χ3v) is 4.55. The first kappa shape index (κ1) is 13.8. The van der Waals surface area contributed by atoms with Crippen molar-refractivity contribution in [1.82, 2.24) is 10.6 Å². The Labute approximate surface area is 116 Å². The van der Waals surface area contributed by atoms with E-state index in [4.69, 9.17) is 16.3 Å². The summed E-state index contributed by atoms with van der Waals surface area (Å²) in [6.45, 7) is 2.39. The number of amides is 1. The van der Waals surface area contributed by atoms with E-state index in [9.17, 15) is 4.79 Å². The second-order valence-corrected chi connectivity index (χ2v) is 6.14. The fourth-order valence-electron chi connectivity index (χ4n) is 2.10. The molecule has 1 aromatic rings. The highest BCUT2D eigenvalue weighted by Gasteiger charge is 2.32. The SMILES string of the molecule is COC1(CNC(=O)c2ccc(Cl)s2)CCNCC1. The summed E-state index contributed by atoms with van der Waals surface area (Å²) in [4.78, 5) is 12.6. The summed E-state index contributed by atoms with van der Waals surface area (Å²) in [5, 5.41) is 6.22. The molecule has 0 radical (unpaired) electrons. The summed E-state index contributed by atoms with van der Waals surface area (Å²) in [5.41, 5.74) is -0.234. The van der Waals surface area contributed by atoms with Crippen molar-refractivity contribution in [2.24, 2.45) is 0 Å². The van der Waals surface area contributed by atoms with Crippen LogP contribution >= 0.6 is 22.9 Å². The topological polar surface area (TPSA) is 50.4 Å². The number of carbonyl (C=O) groups excluding carboxylic acids is 1. The zero-order valence-corrected chi connectivity index (χ0v) is 11.9. The minimum Gasteiger partial charge on any atom is -0.376 e. The number of piperidine rings is 1. The lowest BCUT2D eigenvalue weighted by Crippen LogP contribution is -2.50. The van der Waals surface area contributed by atoms with E-state index in [1.165, 1.54) is 11.3 Å². The average molecular weight is 289 g/mol. The molecule has 0 atom stereocenters. The van der Waals surface area contributed by atoms with Crippen molar-refractivity contribution in [1.29, 1.82) is 0 Å². The van der Waals surface area contributed by atoms with Crippen molar-refractivity contribution in [2.45, 2.75) is 18.4 Å². The lowest BCUT2D eigenvalue weighted by Gasteiger charge is -2.36. The zero-order chi connectivity index (χ0) is 13.0. The molecule has 6 heteroatoms. The lowest BCUT2D eigenvalue weighted by molar-refractivity contribution is -0.0312. The second kappa shape index (κ2) is 6.02. The monoisotopic (exact) mass is 288 g/mol. The van der Waals surface area contributed by atoms with E-state index in [-0.39, 0.29) is 11.5 Å². The highest BCUT2D eigenvalue weighted by molar-refractivity contribution is 7.17. The van der Waals surface area contributed by atoms with Crippen molar-refractivity contribution in [2.75, 3.05) is 26.7 Å². The van der Waals surface area contributed by atoms with E-state index >= 15 is 0 Å². The van der Waals surface area contributed by atoms with Crippen LogP contribution in [-0.2, 0) is 4.74 Å². The Kier molecular flexibility index (Phi) is 4.61. The predicted molar refractivity (Wildman–Crippen MR) is 73.5 cm³/mol. The van der Waals surface area contributed by atoms with E-state index in [0.717, 1.165) is 25.9 Å². The van der Waals surface area contributed by atoms with Gasteiger partial charge in [0, 0.05) is 13.7 Å². The highest BCUT2D eigenvalue weighted by Crippen LogP contribution is 2.23. The molecule has 2 heterocycles. The van der Waals surface area contributed by atoms with Crippen LogP contribution in [0.4, 0.5) is 0 Å². The van der Waals surface area contributed by atoms with Crippen LogP contribution in [0.5, 0.6) is 0 Å². The Balaban J connectivity index is 1.91. The number of nitrogens with one attached hydrogen (secondary N) is 2. The maximum Gasteiger partial charge on any atom is 0.261 e. The van der Waals surface area contributed by atoms with Crippen LogP contribution < -0.4 is 10.6 Å². The molecule has 0 aliphatic carbocycles. The van der Waals surface area contributed by atoms with Crippen LogP contribution in [0.1, 0.15) is 22.5 Å². The van der Waals surface area contributed by atoms with Gasteiger partial charge in [-0.1, -0.05) is 11.6 Å². The Morgan fingerprint density at radius 1 is 1.56 bits per heavy atom. The molecule has 0 aromatic carbocycles. The van der Waals surface area contributed by atoms with Crippen LogP contribution in [0.25, 0.3) is 0 Å². The maximum atomic E-state index is 11.9. The Bertz CT molecular complexity index is 416. The molecule has 0 saturated carbocycles. The van der Waals surface area contributed by atoms with E-state index < -0.39 is 0 Å². The molecule has 1 aliphatic rings. The number of hydrogen-bond donors (Lipinski definition) is 2. The molecular weight excluding hydrogens is 272 g/mol. The molecule has 0 spiro atoms. The number of carbonyl (C=O) groups is 1. The second-order valence-electron chi connectivity index (χ2n) is 4.42. The Morgan fingerprint density at radius 3 is 2.83 bits per heavy atom. The standard InChI is InChI=1S/C12H17ClN2O2S/c1-17-12(4-6-14-7-5-12)8-15-11(16)9-2-3-10(13)18-9/h2-3,14H,4-8H2,1H3,(H,15,16). The molecule has 0 bridgehead atoms. The summed E-state index contributed by atoms with van der Waals surface area (Å²) in [7, 11) is 1.71. The summed E-state index contributed by atoms with van der Waals surface area (Å²) in [5.74, 6) is -0.0816. The third-order valence-electron chi connectivity index (χ3n) is 3.32. The van der Waals surface area contributed by atoms with Gasteiger partial charge in [-0.15, -0.1) is 11.3 Å². The fraction of sp³-hybridized carbons (Fsp3) is 0.583. The van der Waals surface area contributed by atoms with Crippen molar-refractivity contribution in [3.8, 4) is 0 Å². The number of methoxy groups -OCH3 is 1. The van der Waals surface area contributed by atoms with Gasteiger partial charge in [0.1, 0.15) is 0 Å². The number of hydrogen-bond acceptors (Lipinski definition) is 4. The van der Waals surface area contributed by atoms with Gasteiger partial charge in [0.25, 0.3) is 5.91 Å². The van der Waals surface area contributed by atoms with Gasteiger partial charge in [-0.05, 0) is 38.1 Å². The van der Waals surface area contributed by atoms with Crippen LogP contribution in [0, 0.1) is 0 Å². The van der Waals surface area contributed by atoms with E-state index in [1.807, 2.05) is 0 Å². The quantitative estimate of drug-likeness (QED) is 0.890. The van der Waals surface area contributed by atoms with E-state index in [1.54, 1.807) is 19.2 Å². The minimum atomic E-state index is -0.234. The zero-order valence-electron chi connectivity index (χ0n) is 10.3. The molecule has 1 saturated heterocycles. The van der Waals surface area contributed by atoms with Gasteiger partial charge in [0.2, 0.25) is 0 Å². The Morgan fingerprint density at radius 2 is 2.28 bits per heavy atom. The van der Waals surface area contributed by atoms with E-state index in [0.29, 0.717) is 15.8 Å². The van der Waals surface area contributed by atoms with Gasteiger partial charge in [-0.3, -0.25) is 4.79 Å². The van der Waals surface area contributed by atoms with Crippen molar-refractivity contribution in [3.05, 3.63) is 21.3 Å². The van der Waals surface area contributed by atoms with Crippen molar-refractivity contribution >= 4 is 28.8 Å². The van der Waals surface area contributed by atoms with Gasteiger partial charge in [-0.25, -0.2) is 0 Å². The molecular formula is C12H17ClN2O2S. The van der Waals surface area contributed by atoms with Gasteiger partial charge < -0.3 is 15.4 Å². The Hall–Kier alpha value is -0.620. The number of rotatable bonds is 4. The summed E-state index contributed by atoms with van der Waals surface area (Å²) >= 11 is 7.10. The van der Waals surface area contributed by atoms with Crippen molar-refractivity contribution < 1.29 is 9.53 Å². The third kappa shape index (κ3) is 3.23. The molecule has 0 unspecified atom stereocenters. The predicted octanol–water partition coefficient (Wildman–Crippen LogP) is 1.90. The van der Waals surface area contributed by atoms with Crippen molar-refractivity contribution in [3.63, 3.8) is 0 Å². The smallest absolute Gasteiger partial charge is 0.261 e. The lowest BCUT2D eigenvalue weighted by atomic mass is 9.92. The minimum absolute atomic E-state index is 0.0816. The number of halogens is 1. The summed E-state index contributed by atoms with van der Waals surface area (Å²) < 4.78 is 6.22. The van der Waals surface area contributed by atoms with Gasteiger partial charge in [0.05, 0.1) is 14.8 Å². The number of ether oxygens (including phenoxy) is 1. The summed E-state index contributed by atoms with van der Waals surface area (Å²) in [6.07, 6.45) is 1.82. The molecule has 2 rings (SSSR count). The average Bonchev–Trinajstić information content (AvgIpc) is 2.84. The van der Waals surface area contributed by atoms with E-state index in [2.05, 4.69) is 10.6 Å². The molecule has 4 nitrogen and oxygen atoms in total. The van der Waals surface area contributed by atoms with Crippen LogP contribution in [0.2, 0.25) is 4.34 Å².